The molecule has 0 radical (unpaired) electrons. The average molecular weight is 421 g/mol. The molecule has 0 saturated heterocycles. The highest BCUT2D eigenvalue weighted by Gasteiger charge is 2.23. The molecule has 1 N–H and O–H groups in total. The summed E-state index contributed by atoms with van der Waals surface area (Å²) in [6.45, 7) is 1.67. The lowest BCUT2D eigenvalue weighted by Crippen LogP contribution is -2.25. The fourth-order valence-corrected chi connectivity index (χ4v) is 4.26. The number of thioether (sulfide) groups is 1. The van der Waals surface area contributed by atoms with Crippen LogP contribution in [-0.2, 0) is 6.42 Å². The third kappa shape index (κ3) is 4.75. The summed E-state index contributed by atoms with van der Waals surface area (Å²) in [5.74, 6) is -0.389. The molecule has 1 fully saturated rings. The Morgan fingerprint density at radius 2 is 2.10 bits per heavy atom. The van der Waals surface area contributed by atoms with Crippen LogP contribution in [0, 0.1) is 22.9 Å². The van der Waals surface area contributed by atoms with Gasteiger partial charge in [0.2, 0.25) is 0 Å². The summed E-state index contributed by atoms with van der Waals surface area (Å²) in [5.41, 5.74) is -0.537. The van der Waals surface area contributed by atoms with Crippen LogP contribution in [-0.4, -0.2) is 38.4 Å². The number of halogens is 1. The fourth-order valence-electron chi connectivity index (χ4n) is 3.68. The molecule has 0 aliphatic heterocycles. The molecule has 8 nitrogen and oxygen atoms in total. The molecule has 0 bridgehead atoms. The molecule has 10 heteroatoms. The molecule has 1 aliphatic carbocycles. The highest BCUT2D eigenvalue weighted by atomic mass is 32.2. The van der Waals surface area contributed by atoms with Crippen molar-refractivity contribution in [2.45, 2.75) is 56.6 Å². The Balaban J connectivity index is 1.59. The van der Waals surface area contributed by atoms with Crippen LogP contribution >= 0.6 is 11.8 Å². The van der Waals surface area contributed by atoms with E-state index >= 15 is 0 Å². The van der Waals surface area contributed by atoms with Crippen molar-refractivity contribution in [1.29, 1.82) is 0 Å². The summed E-state index contributed by atoms with van der Waals surface area (Å²) in [4.78, 5) is 22.6. The molecule has 156 valence electrons. The fraction of sp³-hybridized carbons (Fsp3) is 0.526. The maximum atomic E-state index is 13.9. The molecule has 3 rings (SSSR count). The van der Waals surface area contributed by atoms with Crippen molar-refractivity contribution in [2.24, 2.45) is 0 Å². The van der Waals surface area contributed by atoms with Crippen LogP contribution in [0.1, 0.15) is 59.9 Å². The molecular formula is C19H24FN5O3S. The number of carbonyl (C=O) groups is 1. The van der Waals surface area contributed by atoms with E-state index in [2.05, 4.69) is 20.1 Å². The van der Waals surface area contributed by atoms with Gasteiger partial charge in [-0.15, -0.1) is 10.2 Å². The SMILES string of the molecule is CSc1nnc(CCCNC(=O)c2cc(F)c(C)c([N+](=O)[O-])c2)n1C1CCCC1. The van der Waals surface area contributed by atoms with E-state index in [9.17, 15) is 19.3 Å². The Morgan fingerprint density at radius 1 is 1.38 bits per heavy atom. The third-order valence-corrected chi connectivity index (χ3v) is 5.89. The van der Waals surface area contributed by atoms with Crippen molar-refractivity contribution >= 4 is 23.4 Å². The van der Waals surface area contributed by atoms with Gasteiger partial charge in [0.05, 0.1) is 10.5 Å². The van der Waals surface area contributed by atoms with Crippen molar-refractivity contribution < 1.29 is 14.1 Å². The monoisotopic (exact) mass is 421 g/mol. The normalized spacial score (nSPS) is 14.3. The summed E-state index contributed by atoms with van der Waals surface area (Å²) >= 11 is 1.58. The number of nitrogens with one attached hydrogen (secondary N) is 1. The summed E-state index contributed by atoms with van der Waals surface area (Å²) in [6.07, 6.45) is 7.98. The van der Waals surface area contributed by atoms with Gasteiger partial charge in [0.1, 0.15) is 11.6 Å². The maximum Gasteiger partial charge on any atom is 0.276 e. The molecule has 0 unspecified atom stereocenters. The van der Waals surface area contributed by atoms with Crippen molar-refractivity contribution in [3.63, 3.8) is 0 Å². The lowest BCUT2D eigenvalue weighted by atomic mass is 10.1. The second-order valence-electron chi connectivity index (χ2n) is 7.13. The van der Waals surface area contributed by atoms with Crippen LogP contribution < -0.4 is 5.32 Å². The Bertz CT molecular complexity index is 911. The van der Waals surface area contributed by atoms with E-state index in [1.807, 2.05) is 6.26 Å². The molecule has 2 aromatic rings. The van der Waals surface area contributed by atoms with Gasteiger partial charge in [0, 0.05) is 30.6 Å². The van der Waals surface area contributed by atoms with Gasteiger partial charge in [-0.05, 0) is 38.5 Å². The second kappa shape index (κ2) is 9.34. The van der Waals surface area contributed by atoms with Gasteiger partial charge in [-0.2, -0.15) is 0 Å². The number of benzene rings is 1. The van der Waals surface area contributed by atoms with Crippen LogP contribution in [0.15, 0.2) is 17.3 Å². The van der Waals surface area contributed by atoms with Gasteiger partial charge >= 0.3 is 0 Å². The lowest BCUT2D eigenvalue weighted by molar-refractivity contribution is -0.385. The largest absolute Gasteiger partial charge is 0.352 e. The minimum atomic E-state index is -0.765. The quantitative estimate of drug-likeness (QED) is 0.301. The molecule has 1 aromatic heterocycles. The summed E-state index contributed by atoms with van der Waals surface area (Å²) in [7, 11) is 0. The Hall–Kier alpha value is -2.49. The first-order valence-electron chi connectivity index (χ1n) is 9.63. The summed E-state index contributed by atoms with van der Waals surface area (Å²) in [6, 6.07) is 2.57. The Labute approximate surface area is 172 Å². The van der Waals surface area contributed by atoms with Crippen LogP contribution in [0.5, 0.6) is 0 Å². The number of nitro benzene ring substituents is 1. The standard InChI is InChI=1S/C19H24FN5O3S/c1-12-15(20)10-13(11-16(12)25(27)28)18(26)21-9-5-8-17-22-23-19(29-2)24(17)14-6-3-4-7-14/h10-11,14H,3-9H2,1-2H3,(H,21,26). The van der Waals surface area contributed by atoms with E-state index in [-0.39, 0.29) is 11.1 Å². The molecular weight excluding hydrogens is 397 g/mol. The highest BCUT2D eigenvalue weighted by Crippen LogP contribution is 2.33. The van der Waals surface area contributed by atoms with Crippen LogP contribution in [0.4, 0.5) is 10.1 Å². The lowest BCUT2D eigenvalue weighted by Gasteiger charge is -2.16. The third-order valence-electron chi connectivity index (χ3n) is 5.25. The van der Waals surface area contributed by atoms with E-state index in [1.165, 1.54) is 19.8 Å². The highest BCUT2D eigenvalue weighted by molar-refractivity contribution is 7.98. The van der Waals surface area contributed by atoms with E-state index in [0.29, 0.717) is 25.4 Å². The predicted octanol–water partition coefficient (Wildman–Crippen LogP) is 3.83. The van der Waals surface area contributed by atoms with Crippen molar-refractivity contribution in [1.82, 2.24) is 20.1 Å². The van der Waals surface area contributed by atoms with Gasteiger partial charge in [-0.1, -0.05) is 24.6 Å². The first kappa shape index (κ1) is 21.2. The molecule has 1 aliphatic rings. The van der Waals surface area contributed by atoms with Gasteiger partial charge in [-0.3, -0.25) is 14.9 Å². The predicted molar refractivity (Wildman–Crippen MR) is 108 cm³/mol. The van der Waals surface area contributed by atoms with Crippen molar-refractivity contribution in [3.8, 4) is 0 Å². The first-order chi connectivity index (χ1) is 13.9. The molecule has 29 heavy (non-hydrogen) atoms. The average Bonchev–Trinajstić information content (AvgIpc) is 3.35. The van der Waals surface area contributed by atoms with E-state index in [4.69, 9.17) is 0 Å². The molecule has 0 spiro atoms. The number of rotatable bonds is 8. The Morgan fingerprint density at radius 3 is 2.76 bits per heavy atom. The number of nitrogens with zero attached hydrogens (tertiary/aromatic N) is 4. The number of hydrogen-bond donors (Lipinski definition) is 1. The zero-order chi connectivity index (χ0) is 21.0. The number of hydrogen-bond acceptors (Lipinski definition) is 6. The zero-order valence-corrected chi connectivity index (χ0v) is 17.3. The van der Waals surface area contributed by atoms with Gasteiger partial charge in [0.25, 0.3) is 11.6 Å². The van der Waals surface area contributed by atoms with E-state index in [1.54, 1.807) is 11.8 Å². The molecule has 1 saturated carbocycles. The number of aryl methyl sites for hydroxylation is 1. The second-order valence-corrected chi connectivity index (χ2v) is 7.90. The Kier molecular flexibility index (Phi) is 6.83. The van der Waals surface area contributed by atoms with Gasteiger partial charge in [0.15, 0.2) is 5.16 Å². The summed E-state index contributed by atoms with van der Waals surface area (Å²) in [5, 5.41) is 23.2. The summed E-state index contributed by atoms with van der Waals surface area (Å²) < 4.78 is 16.1. The van der Waals surface area contributed by atoms with Crippen molar-refractivity contribution in [3.05, 3.63) is 45.0 Å². The maximum absolute atomic E-state index is 13.9. The molecule has 1 aromatic carbocycles. The number of amides is 1. The molecule has 0 atom stereocenters. The van der Waals surface area contributed by atoms with Gasteiger partial charge < -0.3 is 9.88 Å². The van der Waals surface area contributed by atoms with Crippen LogP contribution in [0.3, 0.4) is 0 Å². The molecule has 1 amide bonds. The van der Waals surface area contributed by atoms with E-state index < -0.39 is 22.3 Å². The molecule has 1 heterocycles. The van der Waals surface area contributed by atoms with Crippen LogP contribution in [0.25, 0.3) is 0 Å². The minimum Gasteiger partial charge on any atom is -0.352 e. The van der Waals surface area contributed by atoms with Crippen LogP contribution in [0.2, 0.25) is 0 Å². The number of carbonyl (C=O) groups excluding carboxylic acids is 1. The number of nitro groups is 1. The van der Waals surface area contributed by atoms with E-state index in [0.717, 1.165) is 36.0 Å². The first-order valence-corrected chi connectivity index (χ1v) is 10.8. The van der Waals surface area contributed by atoms with Gasteiger partial charge in [-0.25, -0.2) is 4.39 Å². The van der Waals surface area contributed by atoms with Crippen molar-refractivity contribution in [2.75, 3.05) is 12.8 Å². The number of aromatic nitrogens is 3. The topological polar surface area (TPSA) is 103 Å². The zero-order valence-electron chi connectivity index (χ0n) is 16.5. The minimum absolute atomic E-state index is 0.0569. The smallest absolute Gasteiger partial charge is 0.276 e.